The number of hydrogen-bond donors (Lipinski definition) is 1. The van der Waals surface area contributed by atoms with E-state index in [4.69, 9.17) is 0 Å². The predicted octanol–water partition coefficient (Wildman–Crippen LogP) is 5.46. The van der Waals surface area contributed by atoms with Crippen molar-refractivity contribution < 1.29 is 13.6 Å². The number of benzene rings is 3. The van der Waals surface area contributed by atoms with E-state index < -0.39 is 17.3 Å². The second-order valence-electron chi connectivity index (χ2n) is 8.44. The number of nitrogens with one attached hydrogen (secondary N) is 1. The lowest BCUT2D eigenvalue weighted by Gasteiger charge is -2.22. The number of pyridine rings is 1. The zero-order valence-corrected chi connectivity index (χ0v) is 18.0. The second kappa shape index (κ2) is 8.28. The van der Waals surface area contributed by atoms with Crippen LogP contribution in [0.1, 0.15) is 40.5 Å². The Morgan fingerprint density at radius 3 is 2.42 bits per heavy atom. The first-order valence-corrected chi connectivity index (χ1v) is 10.9. The summed E-state index contributed by atoms with van der Waals surface area (Å²) in [5, 5.41) is 3.17. The summed E-state index contributed by atoms with van der Waals surface area (Å²) in [7, 11) is 0. The average molecular weight is 444 g/mol. The maximum Gasteiger partial charge on any atom is 0.266 e. The molecule has 1 fully saturated rings. The summed E-state index contributed by atoms with van der Waals surface area (Å²) < 4.78 is 30.1. The normalized spacial score (nSPS) is 14.3. The van der Waals surface area contributed by atoms with Gasteiger partial charge in [0.1, 0.15) is 11.6 Å². The highest BCUT2D eigenvalue weighted by molar-refractivity contribution is 6.08. The van der Waals surface area contributed by atoms with Crippen LogP contribution in [0.2, 0.25) is 0 Å². The molecule has 1 amide bonds. The lowest BCUT2D eigenvalue weighted by Crippen LogP contribution is -2.33. The van der Waals surface area contributed by atoms with Crippen molar-refractivity contribution in [1.82, 2.24) is 9.88 Å². The van der Waals surface area contributed by atoms with Crippen molar-refractivity contribution in [3.63, 3.8) is 0 Å². The molecule has 4 aromatic rings. The molecule has 1 aliphatic rings. The molecule has 1 atom stereocenters. The standard InChI is InChI=1S/C27H22F2N2O2/c1-16-23(26(32)30-25(17-13-14-17)18-7-5-8-19(28)15-18)21-11-6-12-22(29)24(21)27(33)31(16)20-9-3-2-4-10-20/h2-12,15,17,25H,13-14H2,1H3,(H,30,32)/t25-/m0/s1. The number of amides is 1. The molecule has 0 unspecified atom stereocenters. The molecule has 33 heavy (non-hydrogen) atoms. The van der Waals surface area contributed by atoms with Crippen molar-refractivity contribution >= 4 is 16.7 Å². The fourth-order valence-electron chi connectivity index (χ4n) is 4.51. The molecule has 0 spiro atoms. The Hall–Kier alpha value is -3.80. The Balaban J connectivity index is 1.68. The summed E-state index contributed by atoms with van der Waals surface area (Å²) >= 11 is 0. The predicted molar refractivity (Wildman–Crippen MR) is 124 cm³/mol. The Morgan fingerprint density at radius 1 is 1.00 bits per heavy atom. The Labute approximate surface area is 189 Å². The molecule has 0 aliphatic heterocycles. The minimum Gasteiger partial charge on any atom is -0.345 e. The summed E-state index contributed by atoms with van der Waals surface area (Å²) in [5.41, 5.74) is 1.36. The molecule has 166 valence electrons. The van der Waals surface area contributed by atoms with Crippen molar-refractivity contribution in [1.29, 1.82) is 0 Å². The van der Waals surface area contributed by atoms with Crippen molar-refractivity contribution in [2.45, 2.75) is 25.8 Å². The molecule has 4 nitrogen and oxygen atoms in total. The van der Waals surface area contributed by atoms with Crippen LogP contribution in [0.3, 0.4) is 0 Å². The fraction of sp³-hybridized carbons (Fsp3) is 0.185. The highest BCUT2D eigenvalue weighted by Crippen LogP contribution is 2.41. The van der Waals surface area contributed by atoms with Gasteiger partial charge in [-0.2, -0.15) is 0 Å². The summed E-state index contributed by atoms with van der Waals surface area (Å²) in [6, 6.07) is 19.0. The number of carbonyl (C=O) groups is 1. The number of hydrogen-bond acceptors (Lipinski definition) is 2. The number of rotatable bonds is 5. The second-order valence-corrected chi connectivity index (χ2v) is 8.44. The summed E-state index contributed by atoms with van der Waals surface area (Å²) in [4.78, 5) is 26.9. The Morgan fingerprint density at radius 2 is 1.73 bits per heavy atom. The van der Waals surface area contributed by atoms with Crippen LogP contribution in [-0.2, 0) is 0 Å². The van der Waals surface area contributed by atoms with E-state index in [1.807, 2.05) is 6.07 Å². The third kappa shape index (κ3) is 3.82. The van der Waals surface area contributed by atoms with E-state index in [0.717, 1.165) is 12.8 Å². The van der Waals surface area contributed by atoms with Crippen LogP contribution in [0.15, 0.2) is 77.6 Å². The number of para-hydroxylation sites is 1. The van der Waals surface area contributed by atoms with Crippen LogP contribution < -0.4 is 10.9 Å². The van der Waals surface area contributed by atoms with Crippen molar-refractivity contribution in [2.24, 2.45) is 5.92 Å². The van der Waals surface area contributed by atoms with Crippen LogP contribution in [0.5, 0.6) is 0 Å². The maximum absolute atomic E-state index is 14.8. The first-order chi connectivity index (χ1) is 16.0. The van der Waals surface area contributed by atoms with E-state index in [9.17, 15) is 18.4 Å². The third-order valence-electron chi connectivity index (χ3n) is 6.23. The van der Waals surface area contributed by atoms with Crippen molar-refractivity contribution in [2.75, 3.05) is 0 Å². The summed E-state index contributed by atoms with van der Waals surface area (Å²) in [6.07, 6.45) is 1.86. The number of carbonyl (C=O) groups excluding carboxylic acids is 1. The van der Waals surface area contributed by atoms with Gasteiger partial charge in [0, 0.05) is 16.8 Å². The van der Waals surface area contributed by atoms with Gasteiger partial charge in [-0.05, 0) is 61.6 Å². The van der Waals surface area contributed by atoms with Crippen molar-refractivity contribution in [3.8, 4) is 5.69 Å². The number of fused-ring (bicyclic) bond motifs is 1. The smallest absolute Gasteiger partial charge is 0.266 e. The number of nitrogens with zero attached hydrogens (tertiary/aromatic N) is 1. The number of aromatic nitrogens is 1. The van der Waals surface area contributed by atoms with Gasteiger partial charge < -0.3 is 5.32 Å². The molecule has 0 saturated heterocycles. The molecule has 1 saturated carbocycles. The largest absolute Gasteiger partial charge is 0.345 e. The first-order valence-electron chi connectivity index (χ1n) is 10.9. The van der Waals surface area contributed by atoms with Gasteiger partial charge in [0.15, 0.2) is 0 Å². The summed E-state index contributed by atoms with van der Waals surface area (Å²) in [6.45, 7) is 1.68. The average Bonchev–Trinajstić information content (AvgIpc) is 3.63. The quantitative estimate of drug-likeness (QED) is 0.445. The van der Waals surface area contributed by atoms with E-state index in [2.05, 4.69) is 5.32 Å². The molecule has 1 heterocycles. The van der Waals surface area contributed by atoms with Gasteiger partial charge in [0.25, 0.3) is 11.5 Å². The van der Waals surface area contributed by atoms with Gasteiger partial charge in [0.05, 0.1) is 17.0 Å². The highest BCUT2D eigenvalue weighted by Gasteiger charge is 2.34. The van der Waals surface area contributed by atoms with E-state index >= 15 is 0 Å². The molecule has 5 rings (SSSR count). The van der Waals surface area contributed by atoms with Crippen LogP contribution in [0.25, 0.3) is 16.5 Å². The number of halogens is 2. The maximum atomic E-state index is 14.8. The van der Waals surface area contributed by atoms with Gasteiger partial charge in [-0.1, -0.05) is 42.5 Å². The van der Waals surface area contributed by atoms with Gasteiger partial charge in [-0.3, -0.25) is 14.2 Å². The SMILES string of the molecule is Cc1c(C(=O)N[C@H](c2cccc(F)c2)C2CC2)c2cccc(F)c2c(=O)n1-c1ccccc1. The van der Waals surface area contributed by atoms with Crippen LogP contribution in [0.4, 0.5) is 8.78 Å². The Kier molecular flexibility index (Phi) is 5.29. The van der Waals surface area contributed by atoms with Crippen LogP contribution >= 0.6 is 0 Å². The van der Waals surface area contributed by atoms with Crippen LogP contribution in [0, 0.1) is 24.5 Å². The molecule has 1 N–H and O–H groups in total. The van der Waals surface area contributed by atoms with E-state index in [1.54, 1.807) is 49.4 Å². The van der Waals surface area contributed by atoms with E-state index in [0.29, 0.717) is 16.9 Å². The zero-order chi connectivity index (χ0) is 23.1. The molecular formula is C27H22F2N2O2. The highest BCUT2D eigenvalue weighted by atomic mass is 19.1. The van der Waals surface area contributed by atoms with Crippen LogP contribution in [-0.4, -0.2) is 10.5 Å². The van der Waals surface area contributed by atoms with Crippen molar-refractivity contribution in [3.05, 3.63) is 112 Å². The van der Waals surface area contributed by atoms with Gasteiger partial charge in [-0.25, -0.2) is 8.78 Å². The Bertz CT molecular complexity index is 1430. The van der Waals surface area contributed by atoms with Gasteiger partial charge in [-0.15, -0.1) is 0 Å². The van der Waals surface area contributed by atoms with Gasteiger partial charge >= 0.3 is 0 Å². The molecule has 3 aromatic carbocycles. The molecule has 1 aromatic heterocycles. The molecule has 6 heteroatoms. The molecule has 0 radical (unpaired) electrons. The lowest BCUT2D eigenvalue weighted by molar-refractivity contribution is 0.0932. The third-order valence-corrected chi connectivity index (χ3v) is 6.23. The zero-order valence-electron chi connectivity index (χ0n) is 18.0. The summed E-state index contributed by atoms with van der Waals surface area (Å²) in [5.74, 6) is -1.26. The lowest BCUT2D eigenvalue weighted by atomic mass is 9.99. The minimum absolute atomic E-state index is 0.133. The monoisotopic (exact) mass is 444 g/mol. The van der Waals surface area contributed by atoms with E-state index in [1.165, 1.54) is 28.8 Å². The topological polar surface area (TPSA) is 51.1 Å². The molecular weight excluding hydrogens is 422 g/mol. The molecule has 0 bridgehead atoms. The molecule has 1 aliphatic carbocycles. The van der Waals surface area contributed by atoms with Gasteiger partial charge in [0.2, 0.25) is 0 Å². The first kappa shape index (κ1) is 21.1. The fourth-order valence-corrected chi connectivity index (χ4v) is 4.51. The minimum atomic E-state index is -0.680. The van der Waals surface area contributed by atoms with E-state index in [-0.39, 0.29) is 34.1 Å².